The molecule has 1 aromatic heterocycles. The van der Waals surface area contributed by atoms with E-state index in [1.54, 1.807) is 11.3 Å². The molecular formula is C13H12N2S. The fraction of sp³-hybridized carbons (Fsp3) is 0.231. The Morgan fingerprint density at radius 3 is 2.94 bits per heavy atom. The highest BCUT2D eigenvalue weighted by atomic mass is 32.1. The highest BCUT2D eigenvalue weighted by molar-refractivity contribution is 7.10. The highest BCUT2D eigenvalue weighted by Crippen LogP contribution is 2.26. The summed E-state index contributed by atoms with van der Waals surface area (Å²) in [5, 5.41) is 11.5. The van der Waals surface area contributed by atoms with Gasteiger partial charge in [0.2, 0.25) is 0 Å². The Labute approximate surface area is 99.2 Å². The average molecular weight is 228 g/mol. The minimum absolute atomic E-state index is 0.398. The summed E-state index contributed by atoms with van der Waals surface area (Å²) < 4.78 is 0. The molecule has 0 aliphatic rings. The molecule has 16 heavy (non-hydrogen) atoms. The van der Waals surface area contributed by atoms with E-state index in [1.165, 1.54) is 16.7 Å². The van der Waals surface area contributed by atoms with Crippen molar-refractivity contribution >= 4 is 11.3 Å². The van der Waals surface area contributed by atoms with Crippen LogP contribution in [0.4, 0.5) is 0 Å². The Bertz CT molecular complexity index is 549. The molecule has 0 saturated heterocycles. The Morgan fingerprint density at radius 1 is 1.38 bits per heavy atom. The van der Waals surface area contributed by atoms with Gasteiger partial charge >= 0.3 is 0 Å². The quantitative estimate of drug-likeness (QED) is 0.788. The van der Waals surface area contributed by atoms with Crippen LogP contribution in [0.3, 0.4) is 0 Å². The number of nitriles is 1. The molecule has 0 bridgehead atoms. The molecule has 0 spiro atoms. The third-order valence-electron chi connectivity index (χ3n) is 2.45. The van der Waals surface area contributed by atoms with E-state index in [0.29, 0.717) is 6.42 Å². The fourth-order valence-corrected chi connectivity index (χ4v) is 2.32. The molecule has 0 unspecified atom stereocenters. The molecule has 0 amide bonds. The molecule has 0 radical (unpaired) electrons. The summed E-state index contributed by atoms with van der Waals surface area (Å²) in [5.41, 5.74) is 4.60. The van der Waals surface area contributed by atoms with Gasteiger partial charge in [-0.25, -0.2) is 4.98 Å². The van der Waals surface area contributed by atoms with Crippen LogP contribution in [-0.2, 0) is 6.42 Å². The monoisotopic (exact) mass is 228 g/mol. The highest BCUT2D eigenvalue weighted by Gasteiger charge is 2.07. The first kappa shape index (κ1) is 10.8. The van der Waals surface area contributed by atoms with Crippen molar-refractivity contribution in [3.05, 3.63) is 39.7 Å². The number of rotatable bonds is 2. The maximum atomic E-state index is 8.61. The van der Waals surface area contributed by atoms with E-state index in [1.807, 2.05) is 5.38 Å². The van der Waals surface area contributed by atoms with Crippen molar-refractivity contribution in [3.63, 3.8) is 0 Å². The molecule has 0 fully saturated rings. The van der Waals surface area contributed by atoms with Crippen molar-refractivity contribution in [3.8, 4) is 17.3 Å². The second kappa shape index (κ2) is 4.46. The maximum Gasteiger partial charge on any atom is 0.107 e. The Kier molecular flexibility index (Phi) is 3.02. The Balaban J connectivity index is 2.42. The summed E-state index contributed by atoms with van der Waals surface area (Å²) in [4.78, 5) is 4.47. The van der Waals surface area contributed by atoms with Crippen LogP contribution in [0.2, 0.25) is 0 Å². The van der Waals surface area contributed by atoms with Gasteiger partial charge in [-0.1, -0.05) is 17.7 Å². The number of nitrogens with zero attached hydrogens (tertiary/aromatic N) is 2. The van der Waals surface area contributed by atoms with Crippen LogP contribution in [0.15, 0.2) is 23.6 Å². The molecule has 2 aromatic rings. The summed E-state index contributed by atoms with van der Waals surface area (Å²) in [7, 11) is 0. The largest absolute Gasteiger partial charge is 0.240 e. The topological polar surface area (TPSA) is 36.7 Å². The van der Waals surface area contributed by atoms with E-state index in [-0.39, 0.29) is 0 Å². The molecule has 1 heterocycles. The van der Waals surface area contributed by atoms with Gasteiger partial charge < -0.3 is 0 Å². The van der Waals surface area contributed by atoms with Gasteiger partial charge in [-0.15, -0.1) is 11.3 Å². The smallest absolute Gasteiger partial charge is 0.107 e. The second-order valence-electron chi connectivity index (χ2n) is 3.78. The van der Waals surface area contributed by atoms with E-state index < -0.39 is 0 Å². The normalized spacial score (nSPS) is 10.1. The van der Waals surface area contributed by atoms with Crippen LogP contribution >= 0.6 is 11.3 Å². The lowest BCUT2D eigenvalue weighted by atomic mass is 10.0. The predicted octanol–water partition coefficient (Wildman–Crippen LogP) is 3.49. The number of aryl methyl sites for hydroxylation is 2. The first-order valence-corrected chi connectivity index (χ1v) is 5.97. The summed E-state index contributed by atoms with van der Waals surface area (Å²) in [5.74, 6) is 0. The molecule has 0 aliphatic carbocycles. The van der Waals surface area contributed by atoms with Crippen LogP contribution < -0.4 is 0 Å². The second-order valence-corrected chi connectivity index (χ2v) is 4.72. The van der Waals surface area contributed by atoms with E-state index in [4.69, 9.17) is 5.26 Å². The minimum Gasteiger partial charge on any atom is -0.240 e. The van der Waals surface area contributed by atoms with Crippen molar-refractivity contribution in [1.82, 2.24) is 4.98 Å². The van der Waals surface area contributed by atoms with Crippen molar-refractivity contribution in [2.45, 2.75) is 20.3 Å². The lowest BCUT2D eigenvalue weighted by Crippen LogP contribution is -1.86. The molecule has 0 N–H and O–H groups in total. The molecule has 1 aromatic carbocycles. The van der Waals surface area contributed by atoms with Crippen LogP contribution in [0, 0.1) is 25.2 Å². The van der Waals surface area contributed by atoms with Crippen molar-refractivity contribution in [1.29, 1.82) is 5.26 Å². The number of hydrogen-bond donors (Lipinski definition) is 0. The zero-order valence-electron chi connectivity index (χ0n) is 9.32. The van der Waals surface area contributed by atoms with Crippen molar-refractivity contribution in [2.75, 3.05) is 0 Å². The zero-order chi connectivity index (χ0) is 11.5. The predicted molar refractivity (Wildman–Crippen MR) is 66.3 cm³/mol. The van der Waals surface area contributed by atoms with Gasteiger partial charge in [-0.3, -0.25) is 0 Å². The number of hydrogen-bond acceptors (Lipinski definition) is 3. The summed E-state index contributed by atoms with van der Waals surface area (Å²) in [6, 6.07) is 8.47. The molecule has 2 rings (SSSR count). The fourth-order valence-electron chi connectivity index (χ4n) is 1.60. The van der Waals surface area contributed by atoms with E-state index in [0.717, 1.165) is 10.7 Å². The Hall–Kier alpha value is -1.66. The van der Waals surface area contributed by atoms with Gasteiger partial charge in [0.15, 0.2) is 0 Å². The standard InChI is InChI=1S/C13H12N2S/c1-9-3-4-10(2)11(7-9)12-8-16-13(15-12)5-6-14/h3-4,7-8H,5H2,1-2H3. The van der Waals surface area contributed by atoms with Gasteiger partial charge in [0, 0.05) is 10.9 Å². The number of benzene rings is 1. The number of thiazole rings is 1. The molecular weight excluding hydrogens is 216 g/mol. The van der Waals surface area contributed by atoms with Gasteiger partial charge in [0.05, 0.1) is 18.2 Å². The molecule has 0 aliphatic heterocycles. The third kappa shape index (κ3) is 2.12. The Morgan fingerprint density at radius 2 is 2.19 bits per heavy atom. The van der Waals surface area contributed by atoms with Crippen LogP contribution in [0.5, 0.6) is 0 Å². The van der Waals surface area contributed by atoms with Crippen LogP contribution in [0.1, 0.15) is 16.1 Å². The SMILES string of the molecule is Cc1ccc(C)c(-c2csc(CC#N)n2)c1. The van der Waals surface area contributed by atoms with Crippen molar-refractivity contribution in [2.24, 2.45) is 0 Å². The van der Waals surface area contributed by atoms with Gasteiger partial charge in [-0.05, 0) is 25.5 Å². The molecule has 0 atom stereocenters. The van der Waals surface area contributed by atoms with E-state index in [2.05, 4.69) is 43.1 Å². The minimum atomic E-state index is 0.398. The lowest BCUT2D eigenvalue weighted by molar-refractivity contribution is 1.19. The van der Waals surface area contributed by atoms with Crippen LogP contribution in [-0.4, -0.2) is 4.98 Å². The maximum absolute atomic E-state index is 8.61. The number of aromatic nitrogens is 1. The first-order chi connectivity index (χ1) is 7.70. The lowest BCUT2D eigenvalue weighted by Gasteiger charge is -2.03. The summed E-state index contributed by atoms with van der Waals surface area (Å²) in [6.07, 6.45) is 0.398. The van der Waals surface area contributed by atoms with Gasteiger partial charge in [0.1, 0.15) is 5.01 Å². The molecule has 80 valence electrons. The zero-order valence-corrected chi connectivity index (χ0v) is 10.1. The molecule has 0 saturated carbocycles. The van der Waals surface area contributed by atoms with Crippen LogP contribution in [0.25, 0.3) is 11.3 Å². The van der Waals surface area contributed by atoms with Crippen molar-refractivity contribution < 1.29 is 0 Å². The molecule has 2 nitrogen and oxygen atoms in total. The first-order valence-electron chi connectivity index (χ1n) is 5.09. The van der Waals surface area contributed by atoms with E-state index in [9.17, 15) is 0 Å². The molecule has 3 heteroatoms. The van der Waals surface area contributed by atoms with Gasteiger partial charge in [0.25, 0.3) is 0 Å². The van der Waals surface area contributed by atoms with E-state index >= 15 is 0 Å². The average Bonchev–Trinajstić information content (AvgIpc) is 2.71. The summed E-state index contributed by atoms with van der Waals surface area (Å²) in [6.45, 7) is 4.16. The third-order valence-corrected chi connectivity index (χ3v) is 3.30. The van der Waals surface area contributed by atoms with Gasteiger partial charge in [-0.2, -0.15) is 5.26 Å². The summed E-state index contributed by atoms with van der Waals surface area (Å²) >= 11 is 1.55.